The fourth-order valence-electron chi connectivity index (χ4n) is 2.31. The number of nitrogens with zero attached hydrogens (tertiary/aromatic N) is 4. The number of carbonyl (C=O) groups excluding carboxylic acids is 1. The Bertz CT molecular complexity index is 750. The normalized spacial score (nSPS) is 28.2. The van der Waals surface area contributed by atoms with Crippen LogP contribution in [0.4, 0.5) is 13.7 Å². The van der Waals surface area contributed by atoms with Crippen LogP contribution in [0.5, 0.6) is 0 Å². The third kappa shape index (κ3) is 3.75. The van der Waals surface area contributed by atoms with Crippen molar-refractivity contribution in [1.29, 1.82) is 0 Å². The molecule has 0 aromatic heterocycles. The second-order valence-electron chi connectivity index (χ2n) is 5.27. The average molecular weight is 384 g/mol. The number of nitrogens with two attached hydrogens (primary N) is 1. The van der Waals surface area contributed by atoms with Crippen molar-refractivity contribution in [2.24, 2.45) is 15.6 Å². The number of urea groups is 1. The molecule has 0 spiro atoms. The lowest BCUT2D eigenvalue weighted by Crippen LogP contribution is -2.52. The molecule has 12 heteroatoms. The lowest BCUT2D eigenvalue weighted by molar-refractivity contribution is -1.02. The molecule has 2 N–H and O–H groups in total. The van der Waals surface area contributed by atoms with Crippen molar-refractivity contribution in [3.63, 3.8) is 0 Å². The Morgan fingerprint density at radius 3 is 2.42 bits per heavy atom. The smallest absolute Gasteiger partial charge is 0.251 e. The van der Waals surface area contributed by atoms with E-state index in [1.807, 2.05) is 0 Å². The zero-order valence-corrected chi connectivity index (χ0v) is 14.0. The molecule has 8 nitrogen and oxygen atoms in total. The minimum Gasteiger partial charge on any atom is -0.251 e. The van der Waals surface area contributed by atoms with Gasteiger partial charge in [-0.15, -0.1) is 0 Å². The maximum absolute atomic E-state index is 14.6. The Kier molecular flexibility index (Phi) is 5.30. The van der Waals surface area contributed by atoms with Gasteiger partial charge >= 0.3 is 6.03 Å². The van der Waals surface area contributed by atoms with Gasteiger partial charge in [0.2, 0.25) is 21.8 Å². The van der Waals surface area contributed by atoms with Crippen molar-refractivity contribution in [3.05, 3.63) is 35.9 Å². The van der Waals surface area contributed by atoms with E-state index in [2.05, 4.69) is 10.4 Å². The summed E-state index contributed by atoms with van der Waals surface area (Å²) in [5.41, 5.74) is 0.313. The third-order valence-electron chi connectivity index (χ3n) is 3.45. The number of alkyl halides is 1. The topological polar surface area (TPSA) is 102 Å². The lowest BCUT2D eigenvalue weighted by atomic mass is 10.1. The number of hydrogen-bond acceptors (Lipinski definition) is 5. The molecule has 1 aromatic rings. The third-order valence-corrected chi connectivity index (χ3v) is 4.68. The van der Waals surface area contributed by atoms with Gasteiger partial charge in [-0.1, -0.05) is 30.3 Å². The summed E-state index contributed by atoms with van der Waals surface area (Å²) >= 11 is 6.15. The van der Waals surface area contributed by atoms with Crippen molar-refractivity contribution in [3.8, 4) is 0 Å². The van der Waals surface area contributed by atoms with Gasteiger partial charge in [-0.3, -0.25) is 4.39 Å². The van der Waals surface area contributed by atoms with E-state index in [-0.39, 0.29) is 6.42 Å². The van der Waals surface area contributed by atoms with Gasteiger partial charge in [0.1, 0.15) is 21.0 Å². The highest BCUT2D eigenvalue weighted by atomic mass is 35.5. The van der Waals surface area contributed by atoms with Gasteiger partial charge in [0.15, 0.2) is 12.6 Å². The van der Waals surface area contributed by atoms with Crippen LogP contribution in [0.3, 0.4) is 0 Å². The molecule has 0 radical (unpaired) electrons. The fraction of sp³-hybridized carbons (Fsp3) is 0.417. The van der Waals surface area contributed by atoms with Crippen molar-refractivity contribution in [1.82, 2.24) is 0 Å². The molecule has 2 amide bonds. The average Bonchev–Trinajstić information content (AvgIpc) is 2.77. The van der Waals surface area contributed by atoms with Crippen LogP contribution in [0.25, 0.3) is 0 Å². The van der Waals surface area contributed by atoms with Gasteiger partial charge in [0.25, 0.3) is 0 Å². The first-order valence-corrected chi connectivity index (χ1v) is 8.95. The van der Waals surface area contributed by atoms with E-state index in [1.165, 1.54) is 12.1 Å². The second kappa shape index (κ2) is 6.76. The van der Waals surface area contributed by atoms with E-state index in [0.29, 0.717) is 5.56 Å². The van der Waals surface area contributed by atoms with Crippen molar-refractivity contribution >= 4 is 27.8 Å². The Labute approximate surface area is 142 Å². The summed E-state index contributed by atoms with van der Waals surface area (Å²) in [4.78, 5) is 10.4. The summed E-state index contributed by atoms with van der Waals surface area (Å²) < 4.78 is 48.4. The summed E-state index contributed by atoms with van der Waals surface area (Å²) in [6.07, 6.45) is -0.274. The molecule has 0 saturated heterocycles. The zero-order chi connectivity index (χ0) is 18.0. The minimum absolute atomic E-state index is 0.274. The van der Waals surface area contributed by atoms with E-state index in [0.717, 1.165) is 0 Å². The highest BCUT2D eigenvalue weighted by Gasteiger charge is 2.68. The molecular weight excluding hydrogens is 368 g/mol. The van der Waals surface area contributed by atoms with Crippen molar-refractivity contribution in [2.45, 2.75) is 12.5 Å². The molecule has 1 heterocycles. The largest absolute Gasteiger partial charge is 0.631 e. The molecular formula is C12H16ClF2N5O3S+2. The van der Waals surface area contributed by atoms with Crippen LogP contribution in [0.15, 0.2) is 40.8 Å². The maximum atomic E-state index is 14.6. The minimum atomic E-state index is -4.07. The number of hydrogen-bond donors (Lipinski definition) is 1. The SMILES string of the molecule is NS(=O)(=O)CC(c1ccccc1)[N+]1(Cl)N=N[N+](F)(CCCF)C1=O. The fourth-order valence-corrected chi connectivity index (χ4v) is 3.56. The van der Waals surface area contributed by atoms with Crippen molar-refractivity contribution < 1.29 is 31.0 Å². The standard InChI is InChI=1S/C12H16ClF2N5O3S/c13-20(12(21)19(15,17-18-20)8-4-7-14)11(9-24(16,22)23)10-5-2-1-3-6-10/h1-3,5-6,11H,4,7-9H2,(H2,16,22,23)/q+2. The number of halogens is 3. The number of carbonyl (C=O) groups is 1. The van der Waals surface area contributed by atoms with Crippen LogP contribution >= 0.6 is 11.8 Å². The van der Waals surface area contributed by atoms with Crippen LogP contribution in [-0.2, 0) is 10.0 Å². The van der Waals surface area contributed by atoms with Crippen LogP contribution in [0.1, 0.15) is 18.0 Å². The van der Waals surface area contributed by atoms with Gasteiger partial charge in [-0.2, -0.15) is 4.79 Å². The molecule has 0 bridgehead atoms. The highest BCUT2D eigenvalue weighted by Crippen LogP contribution is 2.42. The van der Waals surface area contributed by atoms with E-state index in [9.17, 15) is 22.1 Å². The summed E-state index contributed by atoms with van der Waals surface area (Å²) in [5.74, 6) is -0.756. The molecule has 1 aliphatic rings. The van der Waals surface area contributed by atoms with Gasteiger partial charge in [-0.25, -0.2) is 13.6 Å². The molecule has 1 aromatic carbocycles. The van der Waals surface area contributed by atoms with Crippen LogP contribution in [0.2, 0.25) is 0 Å². The van der Waals surface area contributed by atoms with Gasteiger partial charge < -0.3 is 0 Å². The maximum Gasteiger partial charge on any atom is 0.631 e. The Morgan fingerprint density at radius 1 is 1.25 bits per heavy atom. The molecule has 3 unspecified atom stereocenters. The molecule has 3 atom stereocenters. The first-order valence-electron chi connectivity index (χ1n) is 6.90. The van der Waals surface area contributed by atoms with Gasteiger partial charge in [0.05, 0.1) is 10.8 Å². The van der Waals surface area contributed by atoms with Crippen molar-refractivity contribution in [2.75, 3.05) is 19.0 Å². The Hall–Kier alpha value is -1.53. The summed E-state index contributed by atoms with van der Waals surface area (Å²) in [5, 5.41) is 11.7. The first kappa shape index (κ1) is 18.8. The van der Waals surface area contributed by atoms with Crippen LogP contribution < -0.4 is 5.14 Å². The summed E-state index contributed by atoms with van der Waals surface area (Å²) in [7, 11) is -4.07. The number of rotatable bonds is 7. The number of primary sulfonamides is 1. The second-order valence-corrected chi connectivity index (χ2v) is 7.44. The van der Waals surface area contributed by atoms with Crippen LogP contribution in [-0.4, -0.2) is 42.3 Å². The molecule has 0 fully saturated rings. The molecule has 132 valence electrons. The predicted octanol–water partition coefficient (Wildman–Crippen LogP) is 2.46. The van der Waals surface area contributed by atoms with Gasteiger partial charge in [0, 0.05) is 16.5 Å². The zero-order valence-electron chi connectivity index (χ0n) is 12.4. The molecule has 1 aliphatic heterocycles. The monoisotopic (exact) mass is 383 g/mol. The van der Waals surface area contributed by atoms with E-state index in [1.54, 1.807) is 18.2 Å². The van der Waals surface area contributed by atoms with E-state index in [4.69, 9.17) is 16.9 Å². The molecule has 24 heavy (non-hydrogen) atoms. The highest BCUT2D eigenvalue weighted by molar-refractivity contribution is 7.89. The number of benzene rings is 1. The Balaban J connectivity index is 2.43. The van der Waals surface area contributed by atoms with E-state index >= 15 is 0 Å². The van der Waals surface area contributed by atoms with Gasteiger partial charge in [-0.05, 0) is 0 Å². The van der Waals surface area contributed by atoms with E-state index < -0.39 is 50.0 Å². The first-order chi connectivity index (χ1) is 11.1. The number of amides is 2. The quantitative estimate of drug-likeness (QED) is 0.731. The molecule has 0 aliphatic carbocycles. The molecule has 2 rings (SSSR count). The number of sulfonamides is 1. The number of quaternary nitrogens is 2. The summed E-state index contributed by atoms with van der Waals surface area (Å²) in [6, 6.07) is 5.23. The lowest BCUT2D eigenvalue weighted by Gasteiger charge is -2.22. The summed E-state index contributed by atoms with van der Waals surface area (Å²) in [6.45, 7) is -1.45. The Morgan fingerprint density at radius 2 is 1.88 bits per heavy atom. The molecule has 0 saturated carbocycles. The van der Waals surface area contributed by atoms with Crippen LogP contribution in [0, 0.1) is 0 Å². The predicted molar refractivity (Wildman–Crippen MR) is 80.4 cm³/mol.